The van der Waals surface area contributed by atoms with E-state index in [1.807, 2.05) is 44.5 Å². The molecule has 0 spiro atoms. The van der Waals surface area contributed by atoms with Gasteiger partial charge in [0.05, 0.1) is 12.8 Å². The SMILES string of the molecule is CNC1CCN(c2cc(-c3ccc(NC(=O)OC(C)(C)C)c(OC)c3)c3c(N)ncnn23)CC1. The summed E-state index contributed by atoms with van der Waals surface area (Å²) in [5.74, 6) is 1.88. The van der Waals surface area contributed by atoms with Crippen LogP contribution in [-0.2, 0) is 4.74 Å². The van der Waals surface area contributed by atoms with Crippen LogP contribution in [0, 0.1) is 0 Å². The number of piperidine rings is 1. The highest BCUT2D eigenvalue weighted by molar-refractivity contribution is 5.93. The van der Waals surface area contributed by atoms with Gasteiger partial charge in [0.15, 0.2) is 5.82 Å². The molecule has 3 aromatic rings. The molecule has 10 heteroatoms. The third-order valence-corrected chi connectivity index (χ3v) is 5.94. The number of benzene rings is 1. The van der Waals surface area contributed by atoms with E-state index < -0.39 is 11.7 Å². The molecule has 10 nitrogen and oxygen atoms in total. The Bertz CT molecular complexity index is 1180. The molecule has 34 heavy (non-hydrogen) atoms. The zero-order valence-corrected chi connectivity index (χ0v) is 20.4. The van der Waals surface area contributed by atoms with Crippen LogP contribution in [0.2, 0.25) is 0 Å². The van der Waals surface area contributed by atoms with Crippen LogP contribution in [0.4, 0.5) is 22.1 Å². The van der Waals surface area contributed by atoms with E-state index in [1.54, 1.807) is 13.2 Å². The number of rotatable bonds is 5. The average Bonchev–Trinajstić information content (AvgIpc) is 3.19. The molecule has 1 aliphatic rings. The number of nitrogens with one attached hydrogen (secondary N) is 2. The van der Waals surface area contributed by atoms with E-state index in [1.165, 1.54) is 6.33 Å². The van der Waals surface area contributed by atoms with Gasteiger partial charge in [-0.25, -0.2) is 14.3 Å². The van der Waals surface area contributed by atoms with Gasteiger partial charge in [0.25, 0.3) is 0 Å². The van der Waals surface area contributed by atoms with Gasteiger partial charge < -0.3 is 25.4 Å². The van der Waals surface area contributed by atoms with Crippen molar-refractivity contribution in [2.75, 3.05) is 43.2 Å². The largest absolute Gasteiger partial charge is 0.495 e. The maximum Gasteiger partial charge on any atom is 0.412 e. The van der Waals surface area contributed by atoms with Gasteiger partial charge in [0.2, 0.25) is 0 Å². The van der Waals surface area contributed by atoms with Gasteiger partial charge in [-0.1, -0.05) is 6.07 Å². The topological polar surface area (TPSA) is 119 Å². The predicted molar refractivity (Wildman–Crippen MR) is 134 cm³/mol. The maximum atomic E-state index is 12.3. The van der Waals surface area contributed by atoms with Gasteiger partial charge in [-0.3, -0.25) is 5.32 Å². The minimum atomic E-state index is -0.599. The van der Waals surface area contributed by atoms with E-state index in [9.17, 15) is 4.79 Å². The molecule has 0 aliphatic carbocycles. The van der Waals surface area contributed by atoms with Crippen molar-refractivity contribution in [3.63, 3.8) is 0 Å². The number of anilines is 3. The lowest BCUT2D eigenvalue weighted by Gasteiger charge is -2.32. The van der Waals surface area contributed by atoms with Gasteiger partial charge in [0, 0.05) is 24.7 Å². The molecular formula is C24H33N7O3. The van der Waals surface area contributed by atoms with Crippen molar-refractivity contribution in [3.05, 3.63) is 30.6 Å². The molecule has 0 radical (unpaired) electrons. The van der Waals surface area contributed by atoms with Crippen LogP contribution in [0.25, 0.3) is 16.6 Å². The number of hydrogen-bond acceptors (Lipinski definition) is 8. The molecule has 2 aromatic heterocycles. The molecule has 1 aliphatic heterocycles. The van der Waals surface area contributed by atoms with Gasteiger partial charge in [0.1, 0.15) is 29.0 Å². The minimum absolute atomic E-state index is 0.399. The number of nitrogen functional groups attached to an aromatic ring is 1. The third kappa shape index (κ3) is 4.86. The summed E-state index contributed by atoms with van der Waals surface area (Å²) in [7, 11) is 3.57. The van der Waals surface area contributed by atoms with Gasteiger partial charge >= 0.3 is 6.09 Å². The van der Waals surface area contributed by atoms with Crippen LogP contribution < -0.4 is 26.0 Å². The van der Waals surface area contributed by atoms with E-state index >= 15 is 0 Å². The summed E-state index contributed by atoms with van der Waals surface area (Å²) < 4.78 is 12.8. The molecule has 1 aromatic carbocycles. The number of nitrogens with two attached hydrogens (primary N) is 1. The zero-order chi connectivity index (χ0) is 24.5. The molecular weight excluding hydrogens is 434 g/mol. The Hall–Kier alpha value is -3.53. The second-order valence-electron chi connectivity index (χ2n) is 9.41. The van der Waals surface area contributed by atoms with Crippen molar-refractivity contribution in [3.8, 4) is 16.9 Å². The smallest absolute Gasteiger partial charge is 0.412 e. The van der Waals surface area contributed by atoms with Crippen molar-refractivity contribution in [2.24, 2.45) is 0 Å². The van der Waals surface area contributed by atoms with Crippen LogP contribution in [0.5, 0.6) is 5.75 Å². The second kappa shape index (κ2) is 9.38. The quantitative estimate of drug-likeness (QED) is 0.521. The van der Waals surface area contributed by atoms with Crippen molar-refractivity contribution in [1.29, 1.82) is 0 Å². The molecule has 1 fully saturated rings. The summed E-state index contributed by atoms with van der Waals surface area (Å²) in [6.07, 6.45) is 3.04. The normalized spacial score (nSPS) is 14.9. The molecule has 0 atom stereocenters. The lowest BCUT2D eigenvalue weighted by atomic mass is 10.0. The summed E-state index contributed by atoms with van der Waals surface area (Å²) in [6, 6.07) is 8.19. The van der Waals surface area contributed by atoms with E-state index in [2.05, 4.69) is 31.7 Å². The number of hydrogen-bond donors (Lipinski definition) is 3. The number of aromatic nitrogens is 3. The molecule has 182 valence electrons. The highest BCUT2D eigenvalue weighted by Crippen LogP contribution is 2.38. The predicted octanol–water partition coefficient (Wildman–Crippen LogP) is 3.52. The second-order valence-corrected chi connectivity index (χ2v) is 9.41. The summed E-state index contributed by atoms with van der Waals surface area (Å²) in [5, 5.41) is 10.6. The number of ether oxygens (including phenoxy) is 2. The number of carbonyl (C=O) groups is 1. The molecule has 1 amide bonds. The fraction of sp³-hybridized carbons (Fsp3) is 0.458. The third-order valence-electron chi connectivity index (χ3n) is 5.94. The first-order valence-electron chi connectivity index (χ1n) is 11.4. The van der Waals surface area contributed by atoms with Gasteiger partial charge in [-0.15, -0.1) is 0 Å². The maximum absolute atomic E-state index is 12.3. The molecule has 3 heterocycles. The molecule has 4 N–H and O–H groups in total. The number of methoxy groups -OCH3 is 1. The van der Waals surface area contributed by atoms with Crippen molar-refractivity contribution < 1.29 is 14.3 Å². The average molecular weight is 468 g/mol. The highest BCUT2D eigenvalue weighted by atomic mass is 16.6. The Morgan fingerprint density at radius 3 is 2.59 bits per heavy atom. The lowest BCUT2D eigenvalue weighted by Crippen LogP contribution is -2.41. The number of nitrogens with zero attached hydrogens (tertiary/aromatic N) is 4. The summed E-state index contributed by atoms with van der Waals surface area (Å²) in [4.78, 5) is 18.8. The van der Waals surface area contributed by atoms with E-state index in [0.29, 0.717) is 23.3 Å². The Morgan fingerprint density at radius 1 is 1.21 bits per heavy atom. The van der Waals surface area contributed by atoms with Crippen LogP contribution in [0.1, 0.15) is 33.6 Å². The molecule has 0 unspecified atom stereocenters. The van der Waals surface area contributed by atoms with Crippen LogP contribution >= 0.6 is 0 Å². The summed E-state index contributed by atoms with van der Waals surface area (Å²) in [6.45, 7) is 7.29. The molecule has 0 saturated carbocycles. The molecule has 4 rings (SSSR count). The van der Waals surface area contributed by atoms with Gasteiger partial charge in [-0.05, 0) is 64.4 Å². The van der Waals surface area contributed by atoms with Crippen LogP contribution in [0.3, 0.4) is 0 Å². The number of carbonyl (C=O) groups excluding carboxylic acids is 1. The van der Waals surface area contributed by atoms with Crippen LogP contribution in [-0.4, -0.2) is 59.6 Å². The van der Waals surface area contributed by atoms with Crippen LogP contribution in [0.15, 0.2) is 30.6 Å². The first kappa shape index (κ1) is 23.6. The zero-order valence-electron chi connectivity index (χ0n) is 20.4. The Labute approximate surface area is 199 Å². The van der Waals surface area contributed by atoms with E-state index in [-0.39, 0.29) is 0 Å². The Balaban J connectivity index is 1.70. The lowest BCUT2D eigenvalue weighted by molar-refractivity contribution is 0.0635. The molecule has 1 saturated heterocycles. The minimum Gasteiger partial charge on any atom is -0.495 e. The molecule has 0 bridgehead atoms. The van der Waals surface area contributed by atoms with E-state index in [4.69, 9.17) is 15.2 Å². The number of amides is 1. The van der Waals surface area contributed by atoms with Gasteiger partial charge in [-0.2, -0.15) is 5.10 Å². The van der Waals surface area contributed by atoms with Crippen molar-refractivity contribution >= 4 is 28.9 Å². The first-order valence-corrected chi connectivity index (χ1v) is 11.4. The summed E-state index contributed by atoms with van der Waals surface area (Å²) >= 11 is 0. The van der Waals surface area contributed by atoms with Crippen molar-refractivity contribution in [1.82, 2.24) is 19.9 Å². The Morgan fingerprint density at radius 2 is 1.94 bits per heavy atom. The highest BCUT2D eigenvalue weighted by Gasteiger charge is 2.24. The fourth-order valence-corrected chi connectivity index (χ4v) is 4.27. The fourth-order valence-electron chi connectivity index (χ4n) is 4.27. The van der Waals surface area contributed by atoms with E-state index in [0.717, 1.165) is 48.4 Å². The standard InChI is InChI=1S/C24H33N7O3/c1-24(2,3)34-23(32)29-18-7-6-15(12-19(18)33-5)17-13-20(30-10-8-16(26-4)9-11-30)31-21(17)22(25)27-14-28-31/h6-7,12-14,16,26H,8-11H2,1-5H3,(H,29,32)(H2,25,27,28). The first-order chi connectivity index (χ1) is 16.2. The van der Waals surface area contributed by atoms with Crippen molar-refractivity contribution in [2.45, 2.75) is 45.3 Å². The Kier molecular flexibility index (Phi) is 6.52. The monoisotopic (exact) mass is 467 g/mol. The summed E-state index contributed by atoms with van der Waals surface area (Å²) in [5.41, 5.74) is 8.73. The number of fused-ring (bicyclic) bond motifs is 1.